The van der Waals surface area contributed by atoms with Crippen LogP contribution in [0.3, 0.4) is 0 Å². The molecule has 1 amide bonds. The smallest absolute Gasteiger partial charge is 0.382 e. The Kier molecular flexibility index (Phi) is 6.05. The van der Waals surface area contributed by atoms with Crippen LogP contribution in [0.2, 0.25) is 5.02 Å². The van der Waals surface area contributed by atoms with E-state index in [0.29, 0.717) is 28.1 Å². The minimum atomic E-state index is -4.57. The van der Waals surface area contributed by atoms with E-state index >= 15 is 0 Å². The lowest BCUT2D eigenvalue weighted by molar-refractivity contribution is -0.140. The Morgan fingerprint density at radius 2 is 1.84 bits per heavy atom. The Morgan fingerprint density at radius 3 is 2.56 bits per heavy atom. The highest BCUT2D eigenvalue weighted by Crippen LogP contribution is 2.35. The average Bonchev–Trinajstić information content (AvgIpc) is 2.74. The zero-order valence-corrected chi connectivity index (χ0v) is 17.5. The van der Waals surface area contributed by atoms with Crippen LogP contribution in [0.25, 0.3) is 10.9 Å². The zero-order chi connectivity index (χ0) is 22.9. The Bertz CT molecular complexity index is 1140. The normalized spacial score (nSPS) is 19.0. The Balaban J connectivity index is 1.52. The number of rotatable bonds is 4. The first kappa shape index (κ1) is 22.1. The molecule has 7 nitrogen and oxygen atoms in total. The van der Waals surface area contributed by atoms with Gasteiger partial charge in [0.05, 0.1) is 11.1 Å². The van der Waals surface area contributed by atoms with E-state index in [1.54, 1.807) is 6.07 Å². The maximum atomic E-state index is 13.4. The van der Waals surface area contributed by atoms with Gasteiger partial charge in [-0.2, -0.15) is 13.2 Å². The van der Waals surface area contributed by atoms with Crippen LogP contribution in [0.5, 0.6) is 0 Å². The number of aromatic nitrogens is 3. The number of nitrogens with two attached hydrogens (primary N) is 1. The predicted molar refractivity (Wildman–Crippen MR) is 115 cm³/mol. The minimum Gasteiger partial charge on any atom is -0.382 e. The van der Waals surface area contributed by atoms with Gasteiger partial charge in [0.15, 0.2) is 0 Å². The molecule has 0 aliphatic heterocycles. The second-order valence-corrected chi connectivity index (χ2v) is 8.16. The molecule has 2 atom stereocenters. The second-order valence-electron chi connectivity index (χ2n) is 7.72. The maximum absolute atomic E-state index is 13.4. The third-order valence-corrected chi connectivity index (χ3v) is 5.60. The van der Waals surface area contributed by atoms with E-state index in [9.17, 15) is 18.0 Å². The van der Waals surface area contributed by atoms with E-state index in [-0.39, 0.29) is 29.5 Å². The summed E-state index contributed by atoms with van der Waals surface area (Å²) in [6.07, 6.45) is 0.988. The summed E-state index contributed by atoms with van der Waals surface area (Å²) in [5, 5.41) is 7.08. The molecule has 4 rings (SSSR count). The Morgan fingerprint density at radius 1 is 1.12 bits per heavy atom. The molecule has 0 unspecified atom stereocenters. The van der Waals surface area contributed by atoms with E-state index in [0.717, 1.165) is 25.3 Å². The number of nitrogens with one attached hydrogen (secondary N) is 2. The van der Waals surface area contributed by atoms with Gasteiger partial charge in [-0.3, -0.25) is 4.79 Å². The molecule has 1 fully saturated rings. The van der Waals surface area contributed by atoms with Gasteiger partial charge in [0.25, 0.3) is 5.91 Å². The molecule has 11 heteroatoms. The van der Waals surface area contributed by atoms with Crippen molar-refractivity contribution in [3.8, 4) is 0 Å². The van der Waals surface area contributed by atoms with Crippen molar-refractivity contribution in [1.82, 2.24) is 20.3 Å². The highest BCUT2D eigenvalue weighted by atomic mass is 35.5. The number of benzene rings is 1. The number of carbonyl (C=O) groups excluding carboxylic acids is 1. The van der Waals surface area contributed by atoms with Crippen LogP contribution in [0.15, 0.2) is 36.7 Å². The lowest BCUT2D eigenvalue weighted by atomic mass is 9.90. The maximum Gasteiger partial charge on any atom is 0.433 e. The van der Waals surface area contributed by atoms with Gasteiger partial charge in [-0.25, -0.2) is 15.0 Å². The van der Waals surface area contributed by atoms with E-state index in [4.69, 9.17) is 17.3 Å². The quantitative estimate of drug-likeness (QED) is 0.527. The van der Waals surface area contributed by atoms with Gasteiger partial charge in [-0.05, 0) is 49.9 Å². The van der Waals surface area contributed by atoms with Crippen molar-refractivity contribution in [2.75, 3.05) is 11.1 Å². The van der Waals surface area contributed by atoms with Crippen molar-refractivity contribution in [3.05, 3.63) is 52.9 Å². The van der Waals surface area contributed by atoms with Gasteiger partial charge in [0, 0.05) is 40.6 Å². The summed E-state index contributed by atoms with van der Waals surface area (Å²) >= 11 is 6.07. The second kappa shape index (κ2) is 8.78. The first-order chi connectivity index (χ1) is 15.2. The first-order valence-corrected chi connectivity index (χ1v) is 10.4. The van der Waals surface area contributed by atoms with Crippen molar-refractivity contribution >= 4 is 40.0 Å². The van der Waals surface area contributed by atoms with Gasteiger partial charge >= 0.3 is 6.18 Å². The summed E-state index contributed by atoms with van der Waals surface area (Å²) in [4.78, 5) is 23.8. The molecule has 2 heterocycles. The third-order valence-electron chi connectivity index (χ3n) is 5.36. The van der Waals surface area contributed by atoms with Crippen LogP contribution in [0.4, 0.5) is 24.8 Å². The molecule has 2 aromatic heterocycles. The summed E-state index contributed by atoms with van der Waals surface area (Å²) in [7, 11) is 0. The predicted octanol–water partition coefficient (Wildman–Crippen LogP) is 4.43. The molecule has 1 aliphatic carbocycles. The number of hydrogen-bond donors (Lipinski definition) is 3. The average molecular weight is 465 g/mol. The van der Waals surface area contributed by atoms with E-state index in [1.807, 2.05) is 0 Å². The van der Waals surface area contributed by atoms with Crippen LogP contribution >= 0.6 is 11.6 Å². The minimum absolute atomic E-state index is 0.0754. The molecule has 0 radical (unpaired) electrons. The van der Waals surface area contributed by atoms with Crippen molar-refractivity contribution in [1.29, 1.82) is 0 Å². The fourth-order valence-electron chi connectivity index (χ4n) is 3.86. The highest BCUT2D eigenvalue weighted by molar-refractivity contribution is 6.31. The molecule has 168 valence electrons. The van der Waals surface area contributed by atoms with Gasteiger partial charge in [-0.1, -0.05) is 11.6 Å². The van der Waals surface area contributed by atoms with Crippen molar-refractivity contribution in [2.24, 2.45) is 0 Å². The van der Waals surface area contributed by atoms with Crippen LogP contribution in [0.1, 0.15) is 41.7 Å². The summed E-state index contributed by atoms with van der Waals surface area (Å²) < 4.78 is 40.1. The molecule has 0 bridgehead atoms. The molecule has 3 aromatic rings. The SMILES string of the molecule is Nc1ncc(C(=O)N[C@@H]2CCC[C@H](Nc3cc(C(F)(F)F)nc4ccc(Cl)cc34)C2)cn1. The number of pyridine rings is 1. The van der Waals surface area contributed by atoms with Crippen LogP contribution in [0, 0.1) is 0 Å². The number of nitrogens with zero attached hydrogens (tertiary/aromatic N) is 3. The molecule has 1 aromatic carbocycles. The molecular weight excluding hydrogens is 445 g/mol. The number of fused-ring (bicyclic) bond motifs is 1. The number of halogens is 4. The number of amides is 1. The van der Waals surface area contributed by atoms with Crippen molar-refractivity contribution in [3.63, 3.8) is 0 Å². The largest absolute Gasteiger partial charge is 0.433 e. The van der Waals surface area contributed by atoms with Gasteiger partial charge in [-0.15, -0.1) is 0 Å². The number of alkyl halides is 3. The highest BCUT2D eigenvalue weighted by Gasteiger charge is 2.34. The summed E-state index contributed by atoms with van der Waals surface area (Å²) in [6.45, 7) is 0. The number of hydrogen-bond acceptors (Lipinski definition) is 6. The standard InChI is InChI=1S/C21H20ClF3N6O/c22-12-4-5-16-15(6-12)17(8-18(31-16)21(23,24)25)29-13-2-1-3-14(7-13)30-19(32)11-9-27-20(26)28-10-11/h4-6,8-10,13-14H,1-3,7H2,(H,29,31)(H,30,32)(H2,26,27,28)/t13-,14+/m0/s1. The zero-order valence-electron chi connectivity index (χ0n) is 16.8. The van der Waals surface area contributed by atoms with E-state index in [1.165, 1.54) is 24.5 Å². The Hall–Kier alpha value is -3.14. The fourth-order valence-corrected chi connectivity index (χ4v) is 4.03. The summed E-state index contributed by atoms with van der Waals surface area (Å²) in [5.41, 5.74) is 5.28. The molecular formula is C21H20ClF3N6O. The van der Waals surface area contributed by atoms with Crippen LogP contribution in [-0.4, -0.2) is 32.9 Å². The molecule has 0 spiro atoms. The lowest BCUT2D eigenvalue weighted by Gasteiger charge is -2.31. The number of carbonyl (C=O) groups is 1. The fraction of sp³-hybridized carbons (Fsp3) is 0.333. The first-order valence-electron chi connectivity index (χ1n) is 10.0. The van der Waals surface area contributed by atoms with Gasteiger partial charge in [0.2, 0.25) is 5.95 Å². The van der Waals surface area contributed by atoms with Crippen LogP contribution in [-0.2, 0) is 6.18 Å². The lowest BCUT2D eigenvalue weighted by Crippen LogP contribution is -2.42. The van der Waals surface area contributed by atoms with Crippen molar-refractivity contribution < 1.29 is 18.0 Å². The number of anilines is 2. The van der Waals surface area contributed by atoms with E-state index in [2.05, 4.69) is 25.6 Å². The molecule has 4 N–H and O–H groups in total. The molecule has 1 aliphatic rings. The molecule has 1 saturated carbocycles. The van der Waals surface area contributed by atoms with E-state index < -0.39 is 11.9 Å². The van der Waals surface area contributed by atoms with Gasteiger partial charge in [0.1, 0.15) is 5.69 Å². The Labute approximate surface area is 186 Å². The molecule has 32 heavy (non-hydrogen) atoms. The molecule has 0 saturated heterocycles. The monoisotopic (exact) mass is 464 g/mol. The number of nitrogen functional groups attached to an aromatic ring is 1. The van der Waals surface area contributed by atoms with Crippen molar-refractivity contribution in [2.45, 2.75) is 43.9 Å². The van der Waals surface area contributed by atoms with Gasteiger partial charge < -0.3 is 16.4 Å². The van der Waals surface area contributed by atoms with Crippen LogP contribution < -0.4 is 16.4 Å². The summed E-state index contributed by atoms with van der Waals surface area (Å²) in [6, 6.07) is 5.29. The topological polar surface area (TPSA) is 106 Å². The summed E-state index contributed by atoms with van der Waals surface area (Å²) in [5.74, 6) is -0.248. The third kappa shape index (κ3) is 5.01.